The second kappa shape index (κ2) is 23.0. The Labute approximate surface area is 135 Å². The van der Waals surface area contributed by atoms with Gasteiger partial charge in [-0.15, -0.1) is 0 Å². The van der Waals surface area contributed by atoms with Crippen molar-refractivity contribution in [3.8, 4) is 0 Å². The van der Waals surface area contributed by atoms with Gasteiger partial charge in [0, 0.05) is 6.61 Å². The number of hydrogen-bond donors (Lipinski definition) is 3. The van der Waals surface area contributed by atoms with E-state index in [1.54, 1.807) is 0 Å². The predicted octanol–water partition coefficient (Wildman–Crippen LogP) is 1.36. The van der Waals surface area contributed by atoms with E-state index in [4.69, 9.17) is 24.8 Å². The minimum Gasteiger partial charge on any atom is -0.394 e. The molecule has 0 rings (SSSR count). The van der Waals surface area contributed by atoms with Crippen LogP contribution in [0.15, 0.2) is 0 Å². The molecule has 3 N–H and O–H groups in total. The SMILES string of the molecule is CCCCOC(CCCC)COCCO.OCCOCCO. The lowest BCUT2D eigenvalue weighted by Crippen LogP contribution is -2.21. The maximum atomic E-state index is 8.60. The number of unbranched alkanes of at least 4 members (excludes halogenated alkanes) is 2. The largest absolute Gasteiger partial charge is 0.394 e. The number of rotatable bonds is 15. The van der Waals surface area contributed by atoms with Crippen LogP contribution in [0.5, 0.6) is 0 Å². The first-order valence-corrected chi connectivity index (χ1v) is 8.36. The van der Waals surface area contributed by atoms with E-state index in [1.165, 1.54) is 12.8 Å². The van der Waals surface area contributed by atoms with Gasteiger partial charge in [0.1, 0.15) is 0 Å². The van der Waals surface area contributed by atoms with Gasteiger partial charge in [-0.2, -0.15) is 0 Å². The molecule has 0 aliphatic carbocycles. The molecular formula is C16H36O6. The van der Waals surface area contributed by atoms with Crippen LogP contribution in [0.3, 0.4) is 0 Å². The molecule has 0 fully saturated rings. The van der Waals surface area contributed by atoms with Gasteiger partial charge >= 0.3 is 0 Å². The normalized spacial score (nSPS) is 11.9. The van der Waals surface area contributed by atoms with Crippen LogP contribution in [-0.2, 0) is 14.2 Å². The second-order valence-electron chi connectivity index (χ2n) is 4.85. The fourth-order valence-electron chi connectivity index (χ4n) is 1.55. The second-order valence-corrected chi connectivity index (χ2v) is 4.85. The van der Waals surface area contributed by atoms with Crippen LogP contribution in [0.2, 0.25) is 0 Å². The fraction of sp³-hybridized carbons (Fsp3) is 1.00. The Kier molecular flexibility index (Phi) is 25.1. The van der Waals surface area contributed by atoms with E-state index in [2.05, 4.69) is 18.6 Å². The van der Waals surface area contributed by atoms with E-state index in [9.17, 15) is 0 Å². The third kappa shape index (κ3) is 22.0. The quantitative estimate of drug-likeness (QED) is 0.394. The number of aliphatic hydroxyl groups is 3. The molecular weight excluding hydrogens is 288 g/mol. The molecule has 136 valence electrons. The molecule has 6 nitrogen and oxygen atoms in total. The van der Waals surface area contributed by atoms with Crippen molar-refractivity contribution in [2.45, 2.75) is 52.1 Å². The highest BCUT2D eigenvalue weighted by molar-refractivity contribution is 4.57. The lowest BCUT2D eigenvalue weighted by atomic mass is 10.2. The van der Waals surface area contributed by atoms with Crippen molar-refractivity contribution in [1.82, 2.24) is 0 Å². The third-order valence-electron chi connectivity index (χ3n) is 2.74. The molecule has 6 heteroatoms. The molecule has 1 atom stereocenters. The summed E-state index contributed by atoms with van der Waals surface area (Å²) in [4.78, 5) is 0. The first-order valence-electron chi connectivity index (χ1n) is 8.36. The molecule has 0 radical (unpaired) electrons. The number of hydrogen-bond acceptors (Lipinski definition) is 6. The average molecular weight is 324 g/mol. The number of ether oxygens (including phenoxy) is 3. The van der Waals surface area contributed by atoms with Gasteiger partial charge in [0.2, 0.25) is 0 Å². The van der Waals surface area contributed by atoms with E-state index in [1.807, 2.05) is 0 Å². The van der Waals surface area contributed by atoms with Crippen LogP contribution >= 0.6 is 0 Å². The van der Waals surface area contributed by atoms with Gasteiger partial charge in [-0.3, -0.25) is 0 Å². The van der Waals surface area contributed by atoms with E-state index >= 15 is 0 Å². The van der Waals surface area contributed by atoms with E-state index in [0.717, 1.165) is 25.9 Å². The Hall–Kier alpha value is -0.240. The molecule has 0 spiro atoms. The van der Waals surface area contributed by atoms with Crippen molar-refractivity contribution in [1.29, 1.82) is 0 Å². The van der Waals surface area contributed by atoms with Crippen LogP contribution in [0, 0.1) is 0 Å². The molecule has 22 heavy (non-hydrogen) atoms. The minimum atomic E-state index is 0.0278. The summed E-state index contributed by atoms with van der Waals surface area (Å²) in [6.45, 7) is 6.98. The maximum absolute atomic E-state index is 8.60. The highest BCUT2D eigenvalue weighted by Crippen LogP contribution is 2.06. The summed E-state index contributed by atoms with van der Waals surface area (Å²) in [6.07, 6.45) is 5.92. The molecule has 0 bridgehead atoms. The van der Waals surface area contributed by atoms with Crippen LogP contribution < -0.4 is 0 Å². The molecule has 0 heterocycles. The van der Waals surface area contributed by atoms with Crippen LogP contribution in [-0.4, -0.2) is 74.3 Å². The highest BCUT2D eigenvalue weighted by Gasteiger charge is 2.08. The first-order chi connectivity index (χ1) is 10.8. The van der Waals surface area contributed by atoms with Crippen molar-refractivity contribution in [2.24, 2.45) is 0 Å². The smallest absolute Gasteiger partial charge is 0.0808 e. The Balaban J connectivity index is 0. The zero-order valence-corrected chi connectivity index (χ0v) is 14.3. The van der Waals surface area contributed by atoms with Crippen molar-refractivity contribution in [3.05, 3.63) is 0 Å². The number of aliphatic hydroxyl groups excluding tert-OH is 3. The van der Waals surface area contributed by atoms with Crippen molar-refractivity contribution in [2.75, 3.05) is 52.9 Å². The van der Waals surface area contributed by atoms with Gasteiger partial charge in [0.15, 0.2) is 0 Å². The Bertz CT molecular complexity index is 166. The summed E-state index contributed by atoms with van der Waals surface area (Å²) in [5.41, 5.74) is 0. The van der Waals surface area contributed by atoms with Gasteiger partial charge in [-0.25, -0.2) is 0 Å². The summed E-state index contributed by atoms with van der Waals surface area (Å²) in [5, 5.41) is 24.8. The molecule has 0 amide bonds. The Morgan fingerprint density at radius 1 is 0.727 bits per heavy atom. The molecule has 0 aromatic heterocycles. The Morgan fingerprint density at radius 3 is 1.77 bits per heavy atom. The summed E-state index contributed by atoms with van der Waals surface area (Å²) >= 11 is 0. The topological polar surface area (TPSA) is 88.4 Å². The highest BCUT2D eigenvalue weighted by atomic mass is 16.5. The third-order valence-corrected chi connectivity index (χ3v) is 2.74. The van der Waals surface area contributed by atoms with Crippen molar-refractivity contribution in [3.63, 3.8) is 0 Å². The maximum Gasteiger partial charge on any atom is 0.0808 e. The zero-order valence-electron chi connectivity index (χ0n) is 14.3. The summed E-state index contributed by atoms with van der Waals surface area (Å²) in [7, 11) is 0. The summed E-state index contributed by atoms with van der Waals surface area (Å²) in [5.74, 6) is 0. The minimum absolute atomic E-state index is 0.0278. The van der Waals surface area contributed by atoms with Gasteiger partial charge in [0.05, 0.1) is 52.4 Å². The first kappa shape index (κ1) is 24.0. The zero-order chi connectivity index (χ0) is 16.9. The van der Waals surface area contributed by atoms with E-state index in [0.29, 0.717) is 26.4 Å². The van der Waals surface area contributed by atoms with E-state index < -0.39 is 0 Å². The van der Waals surface area contributed by atoms with E-state index in [-0.39, 0.29) is 25.9 Å². The van der Waals surface area contributed by atoms with Gasteiger partial charge < -0.3 is 29.5 Å². The fourth-order valence-corrected chi connectivity index (χ4v) is 1.55. The van der Waals surface area contributed by atoms with Gasteiger partial charge in [-0.1, -0.05) is 33.1 Å². The van der Waals surface area contributed by atoms with Crippen LogP contribution in [0.4, 0.5) is 0 Å². The van der Waals surface area contributed by atoms with Gasteiger partial charge in [0.25, 0.3) is 0 Å². The molecule has 1 unspecified atom stereocenters. The molecule has 0 aliphatic rings. The standard InChI is InChI=1S/C12H26O3.C4H10O3/c1-3-5-7-12(11-14-10-8-13)15-9-6-4-2;5-1-3-7-4-2-6/h12-13H,3-11H2,1-2H3;5-6H,1-4H2. The van der Waals surface area contributed by atoms with Crippen molar-refractivity contribution < 1.29 is 29.5 Å². The Morgan fingerprint density at radius 2 is 1.27 bits per heavy atom. The van der Waals surface area contributed by atoms with Crippen LogP contribution in [0.25, 0.3) is 0 Å². The average Bonchev–Trinajstić information content (AvgIpc) is 2.53. The lowest BCUT2D eigenvalue weighted by molar-refractivity contribution is -0.0287. The molecule has 0 aromatic rings. The molecule has 0 aromatic carbocycles. The summed E-state index contributed by atoms with van der Waals surface area (Å²) < 4.78 is 15.7. The monoisotopic (exact) mass is 324 g/mol. The van der Waals surface area contributed by atoms with Crippen LogP contribution in [0.1, 0.15) is 46.0 Å². The predicted molar refractivity (Wildman–Crippen MR) is 87.1 cm³/mol. The van der Waals surface area contributed by atoms with Crippen molar-refractivity contribution >= 4 is 0 Å². The van der Waals surface area contributed by atoms with Gasteiger partial charge in [-0.05, 0) is 12.8 Å². The summed E-state index contributed by atoms with van der Waals surface area (Å²) in [6, 6.07) is 0. The molecule has 0 saturated heterocycles. The molecule has 0 aliphatic heterocycles. The lowest BCUT2D eigenvalue weighted by Gasteiger charge is -2.17. The molecule has 0 saturated carbocycles.